The van der Waals surface area contributed by atoms with Gasteiger partial charge in [-0.1, -0.05) is 39.0 Å². The van der Waals surface area contributed by atoms with Gasteiger partial charge >= 0.3 is 0 Å². The van der Waals surface area contributed by atoms with Gasteiger partial charge in [0.15, 0.2) is 0 Å². The number of benzene rings is 1. The second kappa shape index (κ2) is 5.07. The van der Waals surface area contributed by atoms with Crippen molar-refractivity contribution < 1.29 is 5.11 Å². The summed E-state index contributed by atoms with van der Waals surface area (Å²) in [5.41, 5.74) is 2.12. The van der Waals surface area contributed by atoms with Crippen LogP contribution in [-0.4, -0.2) is 16.2 Å². The highest BCUT2D eigenvalue weighted by molar-refractivity contribution is 5.81. The molecule has 1 aromatic heterocycles. The lowest BCUT2D eigenvalue weighted by molar-refractivity contribution is 0.0482. The SMILES string of the molecule is CCC(C)(C)C(O)Cc1ccnc2ccccc12. The van der Waals surface area contributed by atoms with Crippen molar-refractivity contribution in [2.45, 2.75) is 39.7 Å². The van der Waals surface area contributed by atoms with E-state index in [0.717, 1.165) is 17.3 Å². The van der Waals surface area contributed by atoms with Gasteiger partial charge in [-0.3, -0.25) is 4.98 Å². The normalized spacial score (nSPS) is 13.8. The van der Waals surface area contributed by atoms with Crippen molar-refractivity contribution in [3.63, 3.8) is 0 Å². The first-order valence-corrected chi connectivity index (χ1v) is 6.55. The molecule has 0 aliphatic heterocycles. The van der Waals surface area contributed by atoms with Crippen LogP contribution in [0, 0.1) is 5.41 Å². The number of hydrogen-bond acceptors (Lipinski definition) is 2. The first-order valence-electron chi connectivity index (χ1n) is 6.55. The van der Waals surface area contributed by atoms with Crippen molar-refractivity contribution in [3.8, 4) is 0 Å². The van der Waals surface area contributed by atoms with Gasteiger partial charge in [0, 0.05) is 11.6 Å². The van der Waals surface area contributed by atoms with Crippen LogP contribution in [0.5, 0.6) is 0 Å². The smallest absolute Gasteiger partial charge is 0.0704 e. The van der Waals surface area contributed by atoms with Gasteiger partial charge in [-0.15, -0.1) is 0 Å². The van der Waals surface area contributed by atoms with Crippen LogP contribution < -0.4 is 0 Å². The second-order valence-electron chi connectivity index (χ2n) is 5.55. The number of rotatable bonds is 4. The molecule has 0 fully saturated rings. The largest absolute Gasteiger partial charge is 0.392 e. The number of aromatic nitrogens is 1. The fourth-order valence-electron chi connectivity index (χ4n) is 2.05. The zero-order valence-electron chi connectivity index (χ0n) is 11.4. The summed E-state index contributed by atoms with van der Waals surface area (Å²) in [6.45, 7) is 6.34. The zero-order chi connectivity index (χ0) is 13.2. The van der Waals surface area contributed by atoms with Gasteiger partial charge in [0.05, 0.1) is 11.6 Å². The molecule has 1 N–H and O–H groups in total. The minimum Gasteiger partial charge on any atom is -0.392 e. The molecule has 18 heavy (non-hydrogen) atoms. The Morgan fingerprint density at radius 1 is 1.22 bits per heavy atom. The van der Waals surface area contributed by atoms with E-state index in [1.807, 2.05) is 30.5 Å². The van der Waals surface area contributed by atoms with Crippen LogP contribution in [0.15, 0.2) is 36.5 Å². The summed E-state index contributed by atoms with van der Waals surface area (Å²) in [6, 6.07) is 10.1. The number of aliphatic hydroxyl groups is 1. The highest BCUT2D eigenvalue weighted by atomic mass is 16.3. The average molecular weight is 243 g/mol. The molecule has 2 rings (SSSR count). The molecule has 1 unspecified atom stereocenters. The first kappa shape index (κ1) is 13.0. The van der Waals surface area contributed by atoms with Crippen molar-refractivity contribution in [1.29, 1.82) is 0 Å². The number of para-hydroxylation sites is 1. The molecule has 0 aliphatic rings. The van der Waals surface area contributed by atoms with Crippen LogP contribution in [0.1, 0.15) is 32.8 Å². The predicted octanol–water partition coefficient (Wildman–Crippen LogP) is 3.57. The number of fused-ring (bicyclic) bond motifs is 1. The molecular weight excluding hydrogens is 222 g/mol. The molecule has 0 aliphatic carbocycles. The van der Waals surface area contributed by atoms with Gasteiger partial charge in [-0.25, -0.2) is 0 Å². The molecule has 0 saturated heterocycles. The van der Waals surface area contributed by atoms with Gasteiger partial charge in [-0.05, 0) is 36.0 Å². The Morgan fingerprint density at radius 3 is 2.67 bits per heavy atom. The predicted molar refractivity (Wildman–Crippen MR) is 75.5 cm³/mol. The van der Waals surface area contributed by atoms with Gasteiger partial charge in [0.2, 0.25) is 0 Å². The highest BCUT2D eigenvalue weighted by Crippen LogP contribution is 2.28. The number of pyridine rings is 1. The molecule has 2 heteroatoms. The van der Waals surface area contributed by atoms with E-state index in [1.165, 1.54) is 5.56 Å². The number of nitrogens with zero attached hydrogens (tertiary/aromatic N) is 1. The van der Waals surface area contributed by atoms with Crippen molar-refractivity contribution in [3.05, 3.63) is 42.1 Å². The Balaban J connectivity index is 2.32. The molecule has 2 nitrogen and oxygen atoms in total. The van der Waals surface area contributed by atoms with Crippen molar-refractivity contribution in [2.75, 3.05) is 0 Å². The average Bonchev–Trinajstić information content (AvgIpc) is 2.39. The van der Waals surface area contributed by atoms with Crippen LogP contribution in [0.2, 0.25) is 0 Å². The van der Waals surface area contributed by atoms with E-state index in [1.54, 1.807) is 0 Å². The standard InChI is InChI=1S/C16H21NO/c1-4-16(2,3)15(18)11-12-9-10-17-14-8-6-5-7-13(12)14/h5-10,15,18H,4,11H2,1-3H3. The summed E-state index contributed by atoms with van der Waals surface area (Å²) < 4.78 is 0. The maximum atomic E-state index is 10.4. The van der Waals surface area contributed by atoms with E-state index in [9.17, 15) is 5.11 Å². The molecule has 96 valence electrons. The third-order valence-electron chi connectivity index (χ3n) is 3.97. The lowest BCUT2D eigenvalue weighted by atomic mass is 9.81. The Hall–Kier alpha value is -1.41. The lowest BCUT2D eigenvalue weighted by Crippen LogP contribution is -2.30. The Labute approximate surface area is 109 Å². The molecule has 1 aromatic carbocycles. The molecular formula is C16H21NO. The lowest BCUT2D eigenvalue weighted by Gasteiger charge is -2.29. The zero-order valence-corrected chi connectivity index (χ0v) is 11.4. The van der Waals surface area contributed by atoms with E-state index in [4.69, 9.17) is 0 Å². The molecule has 1 heterocycles. The summed E-state index contributed by atoms with van der Waals surface area (Å²) in [5, 5.41) is 11.5. The fraction of sp³-hybridized carbons (Fsp3) is 0.438. The second-order valence-corrected chi connectivity index (χ2v) is 5.55. The molecule has 2 aromatic rings. The van der Waals surface area contributed by atoms with E-state index in [2.05, 4.69) is 31.8 Å². The Kier molecular flexibility index (Phi) is 3.67. The summed E-state index contributed by atoms with van der Waals surface area (Å²) in [7, 11) is 0. The van der Waals surface area contributed by atoms with E-state index < -0.39 is 0 Å². The Morgan fingerprint density at radius 2 is 1.94 bits per heavy atom. The summed E-state index contributed by atoms with van der Waals surface area (Å²) in [6.07, 6.45) is 3.15. The van der Waals surface area contributed by atoms with Gasteiger partial charge in [0.25, 0.3) is 0 Å². The third kappa shape index (κ3) is 2.54. The monoisotopic (exact) mass is 243 g/mol. The van der Waals surface area contributed by atoms with Crippen LogP contribution >= 0.6 is 0 Å². The Bertz CT molecular complexity index is 528. The summed E-state index contributed by atoms with van der Waals surface area (Å²) in [5.74, 6) is 0. The maximum Gasteiger partial charge on any atom is 0.0704 e. The molecule has 0 saturated carbocycles. The summed E-state index contributed by atoms with van der Waals surface area (Å²) >= 11 is 0. The summed E-state index contributed by atoms with van der Waals surface area (Å²) in [4.78, 5) is 4.35. The first-order chi connectivity index (χ1) is 8.54. The van der Waals surface area contributed by atoms with Crippen molar-refractivity contribution in [2.24, 2.45) is 5.41 Å². The van der Waals surface area contributed by atoms with Crippen LogP contribution in [0.25, 0.3) is 10.9 Å². The molecule has 0 amide bonds. The van der Waals surface area contributed by atoms with E-state index >= 15 is 0 Å². The highest BCUT2D eigenvalue weighted by Gasteiger charge is 2.26. The number of hydrogen-bond donors (Lipinski definition) is 1. The third-order valence-corrected chi connectivity index (χ3v) is 3.97. The van der Waals surface area contributed by atoms with Gasteiger partial charge in [0.1, 0.15) is 0 Å². The fourth-order valence-corrected chi connectivity index (χ4v) is 2.05. The van der Waals surface area contributed by atoms with Crippen molar-refractivity contribution in [1.82, 2.24) is 4.98 Å². The molecule has 0 radical (unpaired) electrons. The van der Waals surface area contributed by atoms with Crippen molar-refractivity contribution >= 4 is 10.9 Å². The molecule has 0 spiro atoms. The quantitative estimate of drug-likeness (QED) is 0.890. The van der Waals surface area contributed by atoms with Crippen LogP contribution in [0.4, 0.5) is 0 Å². The van der Waals surface area contributed by atoms with Gasteiger partial charge < -0.3 is 5.11 Å². The van der Waals surface area contributed by atoms with Crippen LogP contribution in [0.3, 0.4) is 0 Å². The maximum absolute atomic E-state index is 10.4. The van der Waals surface area contributed by atoms with E-state index in [0.29, 0.717) is 6.42 Å². The molecule has 0 bridgehead atoms. The topological polar surface area (TPSA) is 33.1 Å². The van der Waals surface area contributed by atoms with E-state index in [-0.39, 0.29) is 11.5 Å². The molecule has 1 atom stereocenters. The number of aliphatic hydroxyl groups excluding tert-OH is 1. The van der Waals surface area contributed by atoms with Gasteiger partial charge in [-0.2, -0.15) is 0 Å². The van der Waals surface area contributed by atoms with Crippen LogP contribution in [-0.2, 0) is 6.42 Å². The minimum atomic E-state index is -0.326. The minimum absolute atomic E-state index is 0.0512.